The zero-order valence-corrected chi connectivity index (χ0v) is 15.0. The third-order valence-corrected chi connectivity index (χ3v) is 6.42. The molecule has 5 heteroatoms. The molecule has 2 rings (SSSR count). The highest BCUT2D eigenvalue weighted by molar-refractivity contribution is 7.67. The molecule has 0 aromatic heterocycles. The molecule has 0 saturated heterocycles. The van der Waals surface area contributed by atoms with Gasteiger partial charge in [-0.25, -0.2) is 0 Å². The van der Waals surface area contributed by atoms with Crippen LogP contribution in [0.1, 0.15) is 24.7 Å². The summed E-state index contributed by atoms with van der Waals surface area (Å²) < 4.78 is 19.7. The maximum atomic E-state index is 13.8. The molecule has 23 heavy (non-hydrogen) atoms. The zero-order valence-electron chi connectivity index (χ0n) is 13.3. The lowest BCUT2D eigenvalue weighted by Gasteiger charge is -2.29. The number of hydrogen-bond donors (Lipinski definition) is 1. The Morgan fingerprint density at radius 2 is 1.70 bits per heavy atom. The number of halogens is 1. The fourth-order valence-electron chi connectivity index (χ4n) is 2.45. The maximum absolute atomic E-state index is 13.8. The minimum atomic E-state index is -3.15. The molecule has 1 N–H and O–H groups in total. The predicted molar refractivity (Wildman–Crippen MR) is 97.8 cm³/mol. The van der Waals surface area contributed by atoms with Gasteiger partial charge >= 0.3 is 0 Å². The molecular formula is C18H23ClNO2P. The van der Waals surface area contributed by atoms with Gasteiger partial charge in [-0.15, -0.1) is 11.6 Å². The smallest absolute Gasteiger partial charge is 0.252 e. The van der Waals surface area contributed by atoms with Crippen molar-refractivity contribution in [3.63, 3.8) is 0 Å². The number of hydrogen-bond acceptors (Lipinski definition) is 3. The standard InChI is InChI=1S/C18H23ClNO2P/c1-2-14-20-18(16-9-5-3-6-10-16)23(21,22-15-13-19)17-11-7-4-8-12-17/h3-12,18,20H,2,13-15H2,1H3. The number of benzene rings is 2. The molecule has 0 radical (unpaired) electrons. The van der Waals surface area contributed by atoms with Crippen LogP contribution in [0.2, 0.25) is 0 Å². The Bertz CT molecular complexity index is 621. The molecule has 0 aliphatic carbocycles. The summed E-state index contributed by atoms with van der Waals surface area (Å²) in [5, 5.41) is 4.11. The van der Waals surface area contributed by atoms with E-state index in [1.807, 2.05) is 60.7 Å². The van der Waals surface area contributed by atoms with Gasteiger partial charge in [-0.05, 0) is 30.7 Å². The molecule has 0 amide bonds. The number of alkyl halides is 1. The largest absolute Gasteiger partial charge is 0.323 e. The van der Waals surface area contributed by atoms with Crippen molar-refractivity contribution in [1.82, 2.24) is 5.32 Å². The number of rotatable bonds is 9. The van der Waals surface area contributed by atoms with Crippen LogP contribution < -0.4 is 10.6 Å². The molecule has 2 aromatic rings. The second-order valence-corrected chi connectivity index (χ2v) is 8.09. The van der Waals surface area contributed by atoms with Gasteiger partial charge in [0, 0.05) is 11.2 Å². The Labute approximate surface area is 143 Å². The van der Waals surface area contributed by atoms with E-state index in [1.54, 1.807) is 0 Å². The van der Waals surface area contributed by atoms with Crippen LogP contribution in [0.4, 0.5) is 0 Å². The monoisotopic (exact) mass is 351 g/mol. The lowest BCUT2D eigenvalue weighted by molar-refractivity contribution is 0.330. The van der Waals surface area contributed by atoms with Crippen molar-refractivity contribution >= 4 is 24.3 Å². The van der Waals surface area contributed by atoms with Gasteiger partial charge in [0.25, 0.3) is 7.37 Å². The summed E-state index contributed by atoms with van der Waals surface area (Å²) in [5.41, 5.74) is 0.961. The van der Waals surface area contributed by atoms with Crippen molar-refractivity contribution in [2.24, 2.45) is 0 Å². The summed E-state index contributed by atoms with van der Waals surface area (Å²) in [7, 11) is -3.15. The van der Waals surface area contributed by atoms with Gasteiger partial charge < -0.3 is 9.84 Å². The highest BCUT2D eigenvalue weighted by atomic mass is 35.5. The Balaban J connectivity index is 2.45. The first-order valence-corrected chi connectivity index (χ1v) is 10.1. The van der Waals surface area contributed by atoms with Gasteiger partial charge in [-0.1, -0.05) is 55.5 Å². The van der Waals surface area contributed by atoms with Crippen LogP contribution in [0.3, 0.4) is 0 Å². The van der Waals surface area contributed by atoms with E-state index in [9.17, 15) is 4.57 Å². The van der Waals surface area contributed by atoms with E-state index in [-0.39, 0.29) is 12.4 Å². The Kier molecular flexibility index (Phi) is 7.32. The van der Waals surface area contributed by atoms with Crippen LogP contribution in [0.5, 0.6) is 0 Å². The molecular weight excluding hydrogens is 329 g/mol. The van der Waals surface area contributed by atoms with Crippen LogP contribution in [-0.2, 0) is 9.09 Å². The third kappa shape index (κ3) is 4.68. The van der Waals surface area contributed by atoms with Crippen molar-refractivity contribution in [3.05, 3.63) is 66.2 Å². The van der Waals surface area contributed by atoms with E-state index in [0.29, 0.717) is 11.2 Å². The van der Waals surface area contributed by atoms with Crippen molar-refractivity contribution in [1.29, 1.82) is 0 Å². The molecule has 2 atom stereocenters. The maximum Gasteiger partial charge on any atom is 0.252 e. The second-order valence-electron chi connectivity index (χ2n) is 5.22. The zero-order chi connectivity index (χ0) is 16.5. The highest BCUT2D eigenvalue weighted by Crippen LogP contribution is 2.57. The summed E-state index contributed by atoms with van der Waals surface area (Å²) >= 11 is 5.78. The minimum absolute atomic E-state index is 0.255. The highest BCUT2D eigenvalue weighted by Gasteiger charge is 2.36. The predicted octanol–water partition coefficient (Wildman–Crippen LogP) is 4.54. The summed E-state index contributed by atoms with van der Waals surface area (Å²) in [4.78, 5) is 0. The van der Waals surface area contributed by atoms with Crippen molar-refractivity contribution in [2.45, 2.75) is 19.1 Å². The average Bonchev–Trinajstić information content (AvgIpc) is 2.62. The van der Waals surface area contributed by atoms with Gasteiger partial charge in [0.2, 0.25) is 0 Å². The van der Waals surface area contributed by atoms with E-state index >= 15 is 0 Å². The molecule has 3 nitrogen and oxygen atoms in total. The minimum Gasteiger partial charge on any atom is -0.323 e. The topological polar surface area (TPSA) is 38.3 Å². The van der Waals surface area contributed by atoms with E-state index < -0.39 is 7.37 Å². The van der Waals surface area contributed by atoms with E-state index in [1.165, 1.54) is 0 Å². The van der Waals surface area contributed by atoms with Gasteiger partial charge in [0.05, 0.1) is 6.61 Å². The quantitative estimate of drug-likeness (QED) is 0.532. The van der Waals surface area contributed by atoms with Crippen molar-refractivity contribution in [3.8, 4) is 0 Å². The van der Waals surface area contributed by atoms with Gasteiger partial charge in [-0.3, -0.25) is 4.57 Å². The van der Waals surface area contributed by atoms with E-state index in [4.69, 9.17) is 16.1 Å². The molecule has 124 valence electrons. The van der Waals surface area contributed by atoms with E-state index in [0.717, 1.165) is 18.5 Å². The SMILES string of the molecule is CCCNC(c1ccccc1)P(=O)(OCCCl)c1ccccc1. The van der Waals surface area contributed by atoms with Crippen molar-refractivity contribution in [2.75, 3.05) is 19.0 Å². The molecule has 0 saturated carbocycles. The fourth-order valence-corrected chi connectivity index (χ4v) is 5.12. The third-order valence-electron chi connectivity index (χ3n) is 3.52. The van der Waals surface area contributed by atoms with Crippen LogP contribution in [0, 0.1) is 0 Å². The Morgan fingerprint density at radius 3 is 2.26 bits per heavy atom. The molecule has 0 aliphatic heterocycles. The summed E-state index contributed by atoms with van der Waals surface area (Å²) in [6.07, 6.45) is 0.952. The van der Waals surface area contributed by atoms with Crippen LogP contribution in [0.25, 0.3) is 0 Å². The van der Waals surface area contributed by atoms with E-state index in [2.05, 4.69) is 12.2 Å². The average molecular weight is 352 g/mol. The molecule has 0 bridgehead atoms. The Morgan fingerprint density at radius 1 is 1.09 bits per heavy atom. The summed E-state index contributed by atoms with van der Waals surface area (Å²) in [5.74, 6) is -0.0687. The summed E-state index contributed by atoms with van der Waals surface area (Å²) in [6, 6.07) is 19.2. The lowest BCUT2D eigenvalue weighted by Crippen LogP contribution is -2.27. The summed E-state index contributed by atoms with van der Waals surface area (Å²) in [6.45, 7) is 3.10. The molecule has 2 aromatic carbocycles. The normalized spacial score (nSPS) is 15.0. The lowest BCUT2D eigenvalue weighted by atomic mass is 10.2. The second kappa shape index (κ2) is 9.24. The fraction of sp³-hybridized carbons (Fsp3) is 0.333. The first-order chi connectivity index (χ1) is 11.2. The van der Waals surface area contributed by atoms with Crippen molar-refractivity contribution < 1.29 is 9.09 Å². The van der Waals surface area contributed by atoms with Crippen LogP contribution >= 0.6 is 19.0 Å². The van der Waals surface area contributed by atoms with Gasteiger partial charge in [0.15, 0.2) is 0 Å². The van der Waals surface area contributed by atoms with Crippen LogP contribution in [0.15, 0.2) is 60.7 Å². The Hall–Kier alpha value is -1.12. The molecule has 2 unspecified atom stereocenters. The van der Waals surface area contributed by atoms with Gasteiger partial charge in [-0.2, -0.15) is 0 Å². The molecule has 0 fully saturated rings. The first-order valence-electron chi connectivity index (χ1n) is 7.86. The van der Waals surface area contributed by atoms with Crippen LogP contribution in [-0.4, -0.2) is 19.0 Å². The molecule has 0 aliphatic rings. The van der Waals surface area contributed by atoms with Gasteiger partial charge in [0.1, 0.15) is 5.78 Å². The number of nitrogens with one attached hydrogen (secondary N) is 1. The first kappa shape index (κ1) is 18.2. The molecule has 0 spiro atoms. The molecule has 0 heterocycles.